The molecule has 5 N–H and O–H groups in total. The number of carboxylic acid groups (broad SMARTS) is 1. The van der Waals surface area contributed by atoms with Crippen molar-refractivity contribution < 1.29 is 39.5 Å². The number of carbonyl (C=O) groups is 2. The van der Waals surface area contributed by atoms with Crippen molar-refractivity contribution in [3.8, 4) is 16.9 Å². The van der Waals surface area contributed by atoms with E-state index in [1.54, 1.807) is 24.3 Å². The maximum absolute atomic E-state index is 12.5. The molecule has 4 aromatic carbocycles. The van der Waals surface area contributed by atoms with Gasteiger partial charge in [-0.25, -0.2) is 0 Å². The van der Waals surface area contributed by atoms with Crippen molar-refractivity contribution in [1.29, 1.82) is 0 Å². The van der Waals surface area contributed by atoms with Crippen molar-refractivity contribution in [2.75, 3.05) is 20.1 Å². The Labute approximate surface area is 305 Å². The molecular formula is C42H50N2O8. The Morgan fingerprint density at radius 1 is 0.865 bits per heavy atom. The number of carbonyl (C=O) groups excluding carboxylic acids is 1. The van der Waals surface area contributed by atoms with E-state index in [0.29, 0.717) is 44.5 Å². The first kappa shape index (κ1) is 38.6. The van der Waals surface area contributed by atoms with Crippen LogP contribution in [0, 0.1) is 0 Å². The number of rotatable bonds is 18. The van der Waals surface area contributed by atoms with E-state index in [-0.39, 0.29) is 36.9 Å². The molecule has 0 aromatic heterocycles. The molecule has 0 aliphatic carbocycles. The number of likely N-dealkylation sites (N-methyl/N-ethyl adjacent to an activating group) is 1. The molecular weight excluding hydrogens is 660 g/mol. The number of hydrogen-bond acceptors (Lipinski definition) is 8. The van der Waals surface area contributed by atoms with Gasteiger partial charge < -0.3 is 40.1 Å². The number of aliphatic carboxylic acids is 1. The number of benzene rings is 4. The molecule has 4 aromatic rings. The summed E-state index contributed by atoms with van der Waals surface area (Å²) in [4.78, 5) is 25.2. The predicted molar refractivity (Wildman–Crippen MR) is 198 cm³/mol. The van der Waals surface area contributed by atoms with Crippen LogP contribution in [0.15, 0.2) is 97.1 Å². The molecule has 5 rings (SSSR count). The third-order valence-corrected chi connectivity index (χ3v) is 9.40. The lowest BCUT2D eigenvalue weighted by molar-refractivity contribution is -0.252. The topological polar surface area (TPSA) is 149 Å². The van der Waals surface area contributed by atoms with Crippen molar-refractivity contribution in [2.24, 2.45) is 0 Å². The maximum atomic E-state index is 12.5. The average Bonchev–Trinajstić information content (AvgIpc) is 3.15. The Morgan fingerprint density at radius 2 is 1.58 bits per heavy atom. The van der Waals surface area contributed by atoms with Crippen molar-refractivity contribution in [1.82, 2.24) is 10.2 Å². The molecule has 1 saturated heterocycles. The van der Waals surface area contributed by atoms with Crippen LogP contribution in [0.5, 0.6) is 5.75 Å². The first-order chi connectivity index (χ1) is 25.2. The Kier molecular flexibility index (Phi) is 14.4. The van der Waals surface area contributed by atoms with Crippen molar-refractivity contribution in [3.05, 3.63) is 125 Å². The number of amides is 1. The summed E-state index contributed by atoms with van der Waals surface area (Å²) in [6.07, 6.45) is 2.28. The lowest BCUT2D eigenvalue weighted by atomic mass is 9.97. The van der Waals surface area contributed by atoms with Gasteiger partial charge in [0.2, 0.25) is 5.91 Å². The first-order valence-corrected chi connectivity index (χ1v) is 18.0. The predicted octanol–water partition coefficient (Wildman–Crippen LogP) is 6.80. The fourth-order valence-electron chi connectivity index (χ4n) is 6.56. The number of nitrogens with one attached hydrogen (secondary N) is 1. The zero-order valence-electron chi connectivity index (χ0n) is 29.7. The summed E-state index contributed by atoms with van der Waals surface area (Å²) < 4.78 is 13.1. The van der Waals surface area contributed by atoms with Gasteiger partial charge in [-0.05, 0) is 65.4 Å². The Bertz CT molecular complexity index is 1730. The largest absolute Gasteiger partial charge is 0.508 e. The number of hydrogen-bond donors (Lipinski definition) is 5. The zero-order chi connectivity index (χ0) is 36.9. The van der Waals surface area contributed by atoms with Crippen LogP contribution in [-0.4, -0.2) is 63.4 Å². The second-order valence-corrected chi connectivity index (χ2v) is 13.5. The van der Waals surface area contributed by atoms with Gasteiger partial charge in [-0.3, -0.25) is 9.59 Å². The number of nitrogens with zero attached hydrogens (tertiary/aromatic N) is 1. The Hall–Kier alpha value is -4.58. The van der Waals surface area contributed by atoms with Crippen molar-refractivity contribution >= 4 is 11.9 Å². The maximum Gasteiger partial charge on any atom is 0.303 e. The third-order valence-electron chi connectivity index (χ3n) is 9.40. The van der Waals surface area contributed by atoms with Gasteiger partial charge in [-0.2, -0.15) is 0 Å². The fourth-order valence-corrected chi connectivity index (χ4v) is 6.56. The molecule has 1 amide bonds. The number of aliphatic hydroxyl groups is 2. The third kappa shape index (κ3) is 11.5. The van der Waals surface area contributed by atoms with Gasteiger partial charge in [0.1, 0.15) is 5.75 Å². The number of aliphatic hydroxyl groups excluding tert-OH is 2. The molecule has 52 heavy (non-hydrogen) atoms. The van der Waals surface area contributed by atoms with Crippen LogP contribution in [0.1, 0.15) is 91.3 Å². The second-order valence-electron chi connectivity index (χ2n) is 13.5. The lowest BCUT2D eigenvalue weighted by Gasteiger charge is -2.38. The SMILES string of the molecule is CN(C[C@@H]1C[C@H](c2ccc(CO)cc2)O[C@H](c2ccc(-c3ccccc3CNC(=O)CCCCCCC(=O)O)cc2)O1)C[C@@H](O)c1cccc(O)c1. The summed E-state index contributed by atoms with van der Waals surface area (Å²) in [5.41, 5.74) is 6.33. The van der Waals surface area contributed by atoms with E-state index >= 15 is 0 Å². The fraction of sp³-hybridized carbons (Fsp3) is 0.381. The summed E-state index contributed by atoms with van der Waals surface area (Å²) in [6, 6.07) is 30.5. The molecule has 0 unspecified atom stereocenters. The number of carboxylic acids is 1. The van der Waals surface area contributed by atoms with Crippen LogP contribution >= 0.6 is 0 Å². The lowest BCUT2D eigenvalue weighted by Crippen LogP contribution is -2.39. The highest BCUT2D eigenvalue weighted by Crippen LogP contribution is 2.39. The van der Waals surface area contributed by atoms with Crippen molar-refractivity contribution in [3.63, 3.8) is 0 Å². The zero-order valence-corrected chi connectivity index (χ0v) is 29.7. The molecule has 1 aliphatic rings. The smallest absolute Gasteiger partial charge is 0.303 e. The van der Waals surface area contributed by atoms with Gasteiger partial charge in [0.15, 0.2) is 6.29 Å². The first-order valence-electron chi connectivity index (χ1n) is 18.0. The normalized spacial score (nSPS) is 17.9. The number of unbranched alkanes of at least 4 members (excludes halogenated alkanes) is 3. The minimum atomic E-state index is -0.786. The quantitative estimate of drug-likeness (QED) is 0.0703. The van der Waals surface area contributed by atoms with E-state index < -0.39 is 18.4 Å². The molecule has 276 valence electrons. The van der Waals surface area contributed by atoms with E-state index in [1.807, 2.05) is 84.7 Å². The van der Waals surface area contributed by atoms with E-state index in [1.165, 1.54) is 0 Å². The minimum absolute atomic E-state index is 0.0235. The number of aromatic hydroxyl groups is 1. The molecule has 0 bridgehead atoms. The molecule has 10 nitrogen and oxygen atoms in total. The van der Waals surface area contributed by atoms with E-state index in [4.69, 9.17) is 14.6 Å². The van der Waals surface area contributed by atoms with Gasteiger partial charge >= 0.3 is 5.97 Å². The van der Waals surface area contributed by atoms with Crippen LogP contribution in [0.25, 0.3) is 11.1 Å². The highest BCUT2D eigenvalue weighted by Gasteiger charge is 2.33. The van der Waals surface area contributed by atoms with Gasteiger partial charge in [0.05, 0.1) is 24.9 Å². The van der Waals surface area contributed by atoms with Gasteiger partial charge in [-0.1, -0.05) is 97.8 Å². The number of phenols is 1. The van der Waals surface area contributed by atoms with Crippen LogP contribution < -0.4 is 5.32 Å². The summed E-state index contributed by atoms with van der Waals surface area (Å²) in [7, 11) is 1.94. The number of ether oxygens (including phenoxy) is 2. The minimum Gasteiger partial charge on any atom is -0.508 e. The average molecular weight is 711 g/mol. The van der Waals surface area contributed by atoms with Crippen LogP contribution in [-0.2, 0) is 32.2 Å². The summed E-state index contributed by atoms with van der Waals surface area (Å²) in [6.45, 7) is 1.26. The molecule has 0 saturated carbocycles. The Balaban J connectivity index is 1.24. The van der Waals surface area contributed by atoms with E-state index in [0.717, 1.165) is 52.6 Å². The van der Waals surface area contributed by atoms with E-state index in [2.05, 4.69) is 5.32 Å². The molecule has 1 heterocycles. The van der Waals surface area contributed by atoms with Gasteiger partial charge in [0.25, 0.3) is 0 Å². The molecule has 0 spiro atoms. The van der Waals surface area contributed by atoms with Crippen LogP contribution in [0.4, 0.5) is 0 Å². The van der Waals surface area contributed by atoms with E-state index in [9.17, 15) is 24.9 Å². The van der Waals surface area contributed by atoms with Gasteiger partial charge in [-0.15, -0.1) is 0 Å². The summed E-state index contributed by atoms with van der Waals surface area (Å²) >= 11 is 0. The van der Waals surface area contributed by atoms with Crippen molar-refractivity contribution in [2.45, 2.75) is 82.7 Å². The standard InChI is InChI=1S/C42H50N2O8/c1-44(27-38(47)33-10-8-11-35(46)23-33)26-36-24-39(31-17-15-29(28-45)16-18-31)52-42(51-36)32-21-19-30(20-22-32)37-12-7-6-9-34(37)25-43-40(48)13-4-2-3-5-14-41(49)50/h6-12,15-23,36,38-39,42,45-47H,2-5,13-14,24-28H2,1H3,(H,43,48)(H,49,50)/t36-,38+,39+,42+/m0/s1. The van der Waals surface area contributed by atoms with Crippen LogP contribution in [0.2, 0.25) is 0 Å². The molecule has 0 radical (unpaired) electrons. The number of phenolic OH excluding ortho intramolecular Hbond substituents is 1. The van der Waals surface area contributed by atoms with Crippen LogP contribution in [0.3, 0.4) is 0 Å². The molecule has 1 fully saturated rings. The highest BCUT2D eigenvalue weighted by molar-refractivity contribution is 5.76. The molecule has 4 atom stereocenters. The summed E-state index contributed by atoms with van der Waals surface area (Å²) in [5, 5.41) is 42.1. The Morgan fingerprint density at radius 3 is 2.29 bits per heavy atom. The van der Waals surface area contributed by atoms with Gasteiger partial charge in [0, 0.05) is 44.5 Å². The highest BCUT2D eigenvalue weighted by atomic mass is 16.7. The summed E-state index contributed by atoms with van der Waals surface area (Å²) in [5.74, 6) is -0.698. The second kappa shape index (κ2) is 19.3. The monoisotopic (exact) mass is 710 g/mol. The molecule has 10 heteroatoms. The molecule has 1 aliphatic heterocycles.